The second kappa shape index (κ2) is 25.3. The van der Waals surface area contributed by atoms with Crippen LogP contribution in [0, 0.1) is 26.7 Å². The van der Waals surface area contributed by atoms with Gasteiger partial charge < -0.3 is 25.2 Å². The normalized spacial score (nSPS) is 12.9. The number of rotatable bonds is 10. The van der Waals surface area contributed by atoms with E-state index in [0.717, 1.165) is 59.9 Å². The van der Waals surface area contributed by atoms with Crippen molar-refractivity contribution >= 4 is 35.8 Å². The first-order valence-electron chi connectivity index (χ1n) is 16.5. The van der Waals surface area contributed by atoms with Crippen LogP contribution in [0.25, 0.3) is 6.08 Å². The number of aliphatic imine (C=N–C) groups is 1. The van der Waals surface area contributed by atoms with E-state index in [1.54, 1.807) is 6.08 Å². The molecule has 1 aliphatic heterocycles. The number of allylic oxidation sites excluding steroid dienone is 2. The molecule has 1 saturated heterocycles. The van der Waals surface area contributed by atoms with Gasteiger partial charge in [-0.2, -0.15) is 0 Å². The number of carbonyl (C=O) groups excluding carboxylic acids is 3. The van der Waals surface area contributed by atoms with E-state index in [4.69, 9.17) is 9.25 Å². The molecule has 4 rings (SSSR count). The minimum absolute atomic E-state index is 0.231. The number of amides is 3. The molecule has 11 nitrogen and oxygen atoms in total. The zero-order valence-corrected chi connectivity index (χ0v) is 29.8. The molecule has 266 valence electrons. The van der Waals surface area contributed by atoms with Crippen LogP contribution < -0.4 is 16.0 Å². The van der Waals surface area contributed by atoms with E-state index < -0.39 is 0 Å². The van der Waals surface area contributed by atoms with E-state index in [0.29, 0.717) is 18.6 Å². The molecule has 0 aliphatic carbocycles. The van der Waals surface area contributed by atoms with Crippen molar-refractivity contribution in [2.24, 2.45) is 10.1 Å². The van der Waals surface area contributed by atoms with Gasteiger partial charge in [0.15, 0.2) is 0 Å². The molecule has 3 N–H and O–H groups in total. The van der Waals surface area contributed by atoms with Gasteiger partial charge in [0.2, 0.25) is 5.91 Å². The van der Waals surface area contributed by atoms with E-state index in [1.165, 1.54) is 44.6 Å². The lowest BCUT2D eigenvalue weighted by Gasteiger charge is -2.08. The molecule has 11 heteroatoms. The lowest BCUT2D eigenvalue weighted by atomic mass is 10.1. The molecule has 0 saturated carbocycles. The number of benzene rings is 1. The van der Waals surface area contributed by atoms with Gasteiger partial charge >= 0.3 is 0 Å². The monoisotopic (exact) mass is 682 g/mol. The fourth-order valence-electron chi connectivity index (χ4n) is 4.28. The third kappa shape index (κ3) is 16.4. The number of carbonyl (C=O) groups is 3. The standard InChI is InChI=1S/C19H22N4O3.C11H13NO.C7H13NO.C2H2/c1-5-16(9-15-8-12(2)26-13(15)3)22-11-23-18(24)14-6-7-17(21-10-14)19(25)20-4;1-3-11(12-13-4-2)10-8-6-5-7-9-10;9-7-5-3-1-2-4-6-8-7;1-2/h6-11H,5H2,1-4H3,(H,20,25)(H,22,23,24);3,5-9H,1,4H2,2H3;1-6H2,(H,8,9);1-2H/b16-9+;12-11+;;. The summed E-state index contributed by atoms with van der Waals surface area (Å²) in [7, 11) is 1.52. The van der Waals surface area contributed by atoms with E-state index in [1.807, 2.05) is 70.2 Å². The van der Waals surface area contributed by atoms with Crippen molar-refractivity contribution in [2.75, 3.05) is 20.2 Å². The second-order valence-corrected chi connectivity index (χ2v) is 10.6. The highest BCUT2D eigenvalue weighted by atomic mass is 16.6. The Hall–Kier alpha value is -5.76. The number of hydrogen-bond donors (Lipinski definition) is 3. The lowest BCUT2D eigenvalue weighted by molar-refractivity contribution is -0.121. The molecule has 0 bridgehead atoms. The molecule has 50 heavy (non-hydrogen) atoms. The van der Waals surface area contributed by atoms with Crippen LogP contribution in [-0.4, -0.2) is 55.0 Å². The summed E-state index contributed by atoms with van der Waals surface area (Å²) in [6.07, 6.45) is 20.5. The quantitative estimate of drug-likeness (QED) is 0.0929. The smallest absolute Gasteiger partial charge is 0.269 e. The Kier molecular flexibility index (Phi) is 21.4. The molecule has 1 aromatic carbocycles. The highest BCUT2D eigenvalue weighted by Gasteiger charge is 2.09. The zero-order chi connectivity index (χ0) is 37.1. The summed E-state index contributed by atoms with van der Waals surface area (Å²) in [6.45, 7) is 12.8. The van der Waals surface area contributed by atoms with Crippen LogP contribution in [0.5, 0.6) is 0 Å². The average Bonchev–Trinajstić information content (AvgIpc) is 3.46. The minimum atomic E-state index is -0.351. The van der Waals surface area contributed by atoms with Crippen molar-refractivity contribution in [1.82, 2.24) is 20.9 Å². The SMILES string of the molecule is C#C.C=C/C(=N\OCC)c1ccccc1.CC/C(=C\c1cc(C)oc1C)N=CNC(=O)c1ccc(C(=O)NC)nc1.O=C1CCCCCCN1. The summed E-state index contributed by atoms with van der Waals surface area (Å²) in [5.74, 6) is 1.25. The summed E-state index contributed by atoms with van der Waals surface area (Å²) >= 11 is 0. The van der Waals surface area contributed by atoms with Crippen LogP contribution in [0.4, 0.5) is 0 Å². The predicted molar refractivity (Wildman–Crippen MR) is 201 cm³/mol. The van der Waals surface area contributed by atoms with Gasteiger partial charge in [0, 0.05) is 43.0 Å². The third-order valence-corrected chi connectivity index (χ3v) is 6.88. The first-order chi connectivity index (χ1) is 24.2. The van der Waals surface area contributed by atoms with Crippen LogP contribution in [0.15, 0.2) is 87.6 Å². The fraction of sp³-hybridized carbons (Fsp3) is 0.333. The molecule has 3 aromatic rings. The summed E-state index contributed by atoms with van der Waals surface area (Å²) < 4.78 is 5.49. The highest BCUT2D eigenvalue weighted by Crippen LogP contribution is 2.18. The molecule has 3 heterocycles. The minimum Gasteiger partial charge on any atom is -0.466 e. The Labute approximate surface area is 296 Å². The van der Waals surface area contributed by atoms with Gasteiger partial charge in [-0.15, -0.1) is 12.8 Å². The maximum atomic E-state index is 12.1. The van der Waals surface area contributed by atoms with E-state index in [-0.39, 0.29) is 23.4 Å². The van der Waals surface area contributed by atoms with Crippen LogP contribution >= 0.6 is 0 Å². The number of nitrogens with zero attached hydrogens (tertiary/aromatic N) is 3. The average molecular weight is 683 g/mol. The van der Waals surface area contributed by atoms with Gasteiger partial charge in [-0.3, -0.25) is 19.4 Å². The van der Waals surface area contributed by atoms with Gasteiger partial charge in [0.1, 0.15) is 29.5 Å². The summed E-state index contributed by atoms with van der Waals surface area (Å²) in [5.41, 5.74) is 4.15. The molecule has 3 amide bonds. The highest BCUT2D eigenvalue weighted by molar-refractivity contribution is 6.08. The van der Waals surface area contributed by atoms with Crippen molar-refractivity contribution < 1.29 is 23.6 Å². The molecule has 1 aliphatic rings. The van der Waals surface area contributed by atoms with Crippen LogP contribution in [0.3, 0.4) is 0 Å². The Morgan fingerprint density at radius 2 is 1.76 bits per heavy atom. The van der Waals surface area contributed by atoms with Crippen molar-refractivity contribution in [1.29, 1.82) is 0 Å². The number of nitrogens with one attached hydrogen (secondary N) is 3. The fourth-order valence-corrected chi connectivity index (χ4v) is 4.28. The number of aryl methyl sites for hydroxylation is 2. The van der Waals surface area contributed by atoms with Gasteiger partial charge in [-0.1, -0.05) is 61.8 Å². The predicted octanol–water partition coefficient (Wildman–Crippen LogP) is 6.79. The van der Waals surface area contributed by atoms with E-state index in [9.17, 15) is 14.4 Å². The molecule has 0 unspecified atom stereocenters. The molecule has 1 fully saturated rings. The number of pyridine rings is 1. The van der Waals surface area contributed by atoms with E-state index in [2.05, 4.69) is 50.5 Å². The van der Waals surface area contributed by atoms with Gasteiger partial charge in [-0.05, 0) is 70.4 Å². The van der Waals surface area contributed by atoms with Gasteiger partial charge in [0.25, 0.3) is 11.8 Å². The molecule has 0 atom stereocenters. The van der Waals surface area contributed by atoms with Gasteiger partial charge in [0.05, 0.1) is 11.9 Å². The molecular weight excluding hydrogens is 632 g/mol. The van der Waals surface area contributed by atoms with Crippen LogP contribution in [-0.2, 0) is 9.63 Å². The number of aromatic nitrogens is 1. The number of oxime groups is 1. The van der Waals surface area contributed by atoms with Crippen molar-refractivity contribution in [3.8, 4) is 12.8 Å². The number of furan rings is 1. The van der Waals surface area contributed by atoms with Crippen molar-refractivity contribution in [2.45, 2.75) is 66.2 Å². The first kappa shape index (κ1) is 42.3. The maximum absolute atomic E-state index is 12.1. The largest absolute Gasteiger partial charge is 0.466 e. The second-order valence-electron chi connectivity index (χ2n) is 10.6. The Bertz CT molecular complexity index is 1580. The summed E-state index contributed by atoms with van der Waals surface area (Å²) in [6, 6.07) is 14.8. The topological polar surface area (TPSA) is 147 Å². The maximum Gasteiger partial charge on any atom is 0.269 e. The zero-order valence-electron chi connectivity index (χ0n) is 29.8. The van der Waals surface area contributed by atoms with Crippen LogP contribution in [0.2, 0.25) is 0 Å². The molecule has 2 aromatic heterocycles. The van der Waals surface area contributed by atoms with Gasteiger partial charge in [-0.25, -0.2) is 4.99 Å². The number of hydrogen-bond acceptors (Lipinski definition) is 8. The third-order valence-electron chi connectivity index (χ3n) is 6.88. The Balaban J connectivity index is 0.000000429. The Morgan fingerprint density at radius 3 is 2.34 bits per heavy atom. The number of terminal acetylenes is 1. The lowest BCUT2D eigenvalue weighted by Crippen LogP contribution is -2.25. The van der Waals surface area contributed by atoms with Crippen molar-refractivity contribution in [3.63, 3.8) is 0 Å². The summed E-state index contributed by atoms with van der Waals surface area (Å²) in [4.78, 5) is 47.5. The molecule has 0 spiro atoms. The van der Waals surface area contributed by atoms with Crippen LogP contribution in [0.1, 0.15) is 95.9 Å². The molecule has 0 radical (unpaired) electrons. The van der Waals surface area contributed by atoms with E-state index >= 15 is 0 Å². The Morgan fingerprint density at radius 1 is 1.04 bits per heavy atom. The summed E-state index contributed by atoms with van der Waals surface area (Å²) in [5, 5.41) is 11.8. The molecular formula is C39H50N6O5. The first-order valence-corrected chi connectivity index (χ1v) is 16.5. The van der Waals surface area contributed by atoms with Crippen molar-refractivity contribution in [3.05, 3.63) is 107 Å².